The average Bonchev–Trinajstić information content (AvgIpc) is 2.32. The van der Waals surface area contributed by atoms with E-state index in [9.17, 15) is 0 Å². The second-order valence-corrected chi connectivity index (χ2v) is 6.49. The first kappa shape index (κ1) is 16.0. The molecule has 5 nitrogen and oxygen atoms in total. The molecule has 0 radical (unpaired) electrons. The molecular weight excluding hydrogens is 224 g/mol. The van der Waals surface area contributed by atoms with Crippen LogP contribution in [0.25, 0.3) is 0 Å². The van der Waals surface area contributed by atoms with Crippen molar-refractivity contribution in [2.45, 2.75) is 25.8 Å². The van der Waals surface area contributed by atoms with Gasteiger partial charge in [-0.15, -0.1) is 0 Å². The fraction of sp³-hybridized carbons (Fsp3) is 1.00. The molecule has 0 aliphatic carbocycles. The summed E-state index contributed by atoms with van der Waals surface area (Å²) < 4.78 is 16.4. The highest BCUT2D eigenvalue weighted by Gasteiger charge is 2.37. The van der Waals surface area contributed by atoms with Crippen molar-refractivity contribution in [3.63, 3.8) is 0 Å². The lowest BCUT2D eigenvalue weighted by Crippen LogP contribution is -2.44. The molecule has 0 heterocycles. The number of nitrogens with two attached hydrogens (primary N) is 1. The summed E-state index contributed by atoms with van der Waals surface area (Å²) in [4.78, 5) is 0. The summed E-state index contributed by atoms with van der Waals surface area (Å²) in [5, 5.41) is 3.32. The summed E-state index contributed by atoms with van der Waals surface area (Å²) in [5.74, 6) is 0. The molecule has 0 rings (SSSR count). The van der Waals surface area contributed by atoms with Crippen molar-refractivity contribution in [1.29, 1.82) is 0 Å². The van der Waals surface area contributed by atoms with Gasteiger partial charge in [0.15, 0.2) is 0 Å². The van der Waals surface area contributed by atoms with Crippen LogP contribution in [0.1, 0.15) is 19.8 Å². The Bertz CT molecular complexity index is 157. The summed E-state index contributed by atoms with van der Waals surface area (Å²) in [6.45, 7) is 5.25. The van der Waals surface area contributed by atoms with E-state index < -0.39 is 8.80 Å². The lowest BCUT2D eigenvalue weighted by atomic mass is 10.4. The molecule has 0 unspecified atom stereocenters. The first-order valence-corrected chi connectivity index (χ1v) is 7.83. The number of nitrogens with one attached hydrogen (secondary N) is 1. The van der Waals surface area contributed by atoms with Crippen LogP contribution in [0.5, 0.6) is 0 Å². The second kappa shape index (κ2) is 10.2. The van der Waals surface area contributed by atoms with Gasteiger partial charge in [-0.2, -0.15) is 0 Å². The quantitative estimate of drug-likeness (QED) is 0.415. The van der Waals surface area contributed by atoms with E-state index in [2.05, 4.69) is 5.32 Å². The van der Waals surface area contributed by atoms with Crippen LogP contribution in [0, 0.1) is 0 Å². The maximum absolute atomic E-state index is 5.60. The largest absolute Gasteiger partial charge is 0.500 e. The topological polar surface area (TPSA) is 65.7 Å². The van der Waals surface area contributed by atoms with Crippen molar-refractivity contribution in [2.75, 3.05) is 40.5 Å². The van der Waals surface area contributed by atoms with Crippen LogP contribution in [-0.2, 0) is 13.3 Å². The van der Waals surface area contributed by atoms with Crippen molar-refractivity contribution in [1.82, 2.24) is 5.32 Å². The second-order valence-electron chi connectivity index (χ2n) is 3.52. The summed E-state index contributed by atoms with van der Waals surface area (Å²) in [7, 11) is 0.943. The zero-order chi connectivity index (χ0) is 12.3. The van der Waals surface area contributed by atoms with Gasteiger partial charge in [0.05, 0.1) is 0 Å². The summed E-state index contributed by atoms with van der Waals surface area (Å²) in [5.41, 5.74) is 5.40. The van der Waals surface area contributed by atoms with Gasteiger partial charge in [0, 0.05) is 26.9 Å². The molecule has 0 aromatic carbocycles. The third-order valence-corrected chi connectivity index (χ3v) is 5.32. The molecule has 0 bridgehead atoms. The maximum atomic E-state index is 5.60. The molecule has 0 aromatic rings. The van der Waals surface area contributed by atoms with Crippen molar-refractivity contribution in [3.05, 3.63) is 0 Å². The molecule has 0 atom stereocenters. The Morgan fingerprint density at radius 3 is 2.25 bits per heavy atom. The van der Waals surface area contributed by atoms with Gasteiger partial charge >= 0.3 is 8.80 Å². The molecule has 0 aromatic heterocycles. The van der Waals surface area contributed by atoms with Gasteiger partial charge in [0.1, 0.15) is 0 Å². The molecule has 0 saturated carbocycles. The highest BCUT2D eigenvalue weighted by Crippen LogP contribution is 2.15. The zero-order valence-corrected chi connectivity index (χ0v) is 11.8. The predicted octanol–water partition coefficient (Wildman–Crippen LogP) is 0.583. The zero-order valence-electron chi connectivity index (χ0n) is 10.8. The van der Waals surface area contributed by atoms with E-state index in [-0.39, 0.29) is 0 Å². The van der Waals surface area contributed by atoms with Crippen molar-refractivity contribution in [2.24, 2.45) is 5.73 Å². The van der Waals surface area contributed by atoms with Gasteiger partial charge in [-0.05, 0) is 39.4 Å². The molecule has 16 heavy (non-hydrogen) atoms. The molecule has 0 fully saturated rings. The molecule has 6 heteroatoms. The highest BCUT2D eigenvalue weighted by molar-refractivity contribution is 6.60. The van der Waals surface area contributed by atoms with E-state index >= 15 is 0 Å². The number of hydrogen-bond donors (Lipinski definition) is 2. The summed E-state index contributed by atoms with van der Waals surface area (Å²) in [6.07, 6.45) is 2.01. The summed E-state index contributed by atoms with van der Waals surface area (Å²) in [6, 6.07) is 0.851. The first-order chi connectivity index (χ1) is 7.74. The molecule has 98 valence electrons. The van der Waals surface area contributed by atoms with Gasteiger partial charge in [-0.1, -0.05) is 0 Å². The lowest BCUT2D eigenvalue weighted by molar-refractivity contribution is 0.103. The van der Waals surface area contributed by atoms with Crippen LogP contribution >= 0.6 is 0 Å². The van der Waals surface area contributed by atoms with Crippen LogP contribution in [-0.4, -0.2) is 49.3 Å². The number of rotatable bonds is 11. The third-order valence-electron chi connectivity index (χ3n) is 2.38. The van der Waals surface area contributed by atoms with Crippen LogP contribution in [0.4, 0.5) is 0 Å². The fourth-order valence-electron chi connectivity index (χ4n) is 1.48. The molecule has 0 aliphatic heterocycles. The predicted molar refractivity (Wildman–Crippen MR) is 67.4 cm³/mol. The van der Waals surface area contributed by atoms with Crippen molar-refractivity contribution in [3.8, 4) is 0 Å². The Balaban J connectivity index is 3.67. The smallest absolute Gasteiger partial charge is 0.377 e. The van der Waals surface area contributed by atoms with Gasteiger partial charge in [-0.25, -0.2) is 0 Å². The minimum Gasteiger partial charge on any atom is -0.377 e. The van der Waals surface area contributed by atoms with Crippen molar-refractivity contribution < 1.29 is 13.3 Å². The fourth-order valence-corrected chi connectivity index (χ4v) is 3.48. The first-order valence-electron chi connectivity index (χ1n) is 5.89. The minimum absolute atomic E-state index is 0.633. The Labute approximate surface area is 100 Å². The molecule has 3 N–H and O–H groups in total. The van der Waals surface area contributed by atoms with Gasteiger partial charge in [0.25, 0.3) is 0 Å². The van der Waals surface area contributed by atoms with Crippen LogP contribution in [0.3, 0.4) is 0 Å². The third kappa shape index (κ3) is 6.57. The molecule has 0 aliphatic rings. The van der Waals surface area contributed by atoms with E-state index in [1.807, 2.05) is 6.92 Å². The van der Waals surface area contributed by atoms with E-state index in [4.69, 9.17) is 19.0 Å². The molecule has 0 amide bonds. The van der Waals surface area contributed by atoms with Crippen LogP contribution < -0.4 is 11.1 Å². The average molecular weight is 250 g/mol. The Hall–Kier alpha value is 0.0169. The highest BCUT2D eigenvalue weighted by atomic mass is 28.4. The molecule has 0 saturated heterocycles. The minimum atomic E-state index is -2.38. The molecule has 0 spiro atoms. The Morgan fingerprint density at radius 2 is 1.75 bits per heavy atom. The SMILES string of the molecule is CCO[Si](CCCNCCCN)(OC)OC. The van der Waals surface area contributed by atoms with Crippen molar-refractivity contribution >= 4 is 8.80 Å². The maximum Gasteiger partial charge on any atom is 0.500 e. The Kier molecular flexibility index (Phi) is 10.2. The standard InChI is InChI=1S/C10H26N2O3Si/c1-4-15-16(13-2,14-3)10-6-9-12-8-5-7-11/h12H,4-11H2,1-3H3. The number of hydrogen-bond acceptors (Lipinski definition) is 5. The normalized spacial score (nSPS) is 12.0. The Morgan fingerprint density at radius 1 is 1.12 bits per heavy atom. The molecular formula is C10H26N2O3Si. The van der Waals surface area contributed by atoms with Crippen LogP contribution in [0.2, 0.25) is 6.04 Å². The van der Waals surface area contributed by atoms with E-state index in [0.29, 0.717) is 6.61 Å². The monoisotopic (exact) mass is 250 g/mol. The van der Waals surface area contributed by atoms with Gasteiger partial charge < -0.3 is 24.3 Å². The van der Waals surface area contributed by atoms with E-state index in [0.717, 1.165) is 38.5 Å². The summed E-state index contributed by atoms with van der Waals surface area (Å²) >= 11 is 0. The van der Waals surface area contributed by atoms with Gasteiger partial charge in [-0.3, -0.25) is 0 Å². The van der Waals surface area contributed by atoms with Gasteiger partial charge in [0.2, 0.25) is 0 Å². The van der Waals surface area contributed by atoms with E-state index in [1.165, 1.54) is 0 Å². The lowest BCUT2D eigenvalue weighted by Gasteiger charge is -2.25. The van der Waals surface area contributed by atoms with E-state index in [1.54, 1.807) is 14.2 Å². The van der Waals surface area contributed by atoms with Crippen LogP contribution in [0.15, 0.2) is 0 Å².